The molecule has 0 spiro atoms. The predicted octanol–water partition coefficient (Wildman–Crippen LogP) is 6.77. The molecule has 3 nitrogen and oxygen atoms in total. The Balaban J connectivity index is 1.88. The monoisotopic (exact) mass is 388 g/mol. The Morgan fingerprint density at radius 3 is 2.21 bits per heavy atom. The van der Waals surface area contributed by atoms with Crippen molar-refractivity contribution in [2.75, 3.05) is 7.11 Å². The van der Waals surface area contributed by atoms with Gasteiger partial charge < -0.3 is 9.47 Å². The van der Waals surface area contributed by atoms with Crippen molar-refractivity contribution in [2.24, 2.45) is 0 Å². The molecule has 0 atom stereocenters. The van der Waals surface area contributed by atoms with E-state index in [2.05, 4.69) is 0 Å². The number of fused-ring (bicyclic) bond motifs is 1. The van der Waals surface area contributed by atoms with Crippen molar-refractivity contribution < 1.29 is 14.3 Å². The van der Waals surface area contributed by atoms with Gasteiger partial charge in [0.05, 0.1) is 7.11 Å². The van der Waals surface area contributed by atoms with Gasteiger partial charge >= 0.3 is 0 Å². The van der Waals surface area contributed by atoms with Gasteiger partial charge in [0, 0.05) is 21.5 Å². The Morgan fingerprint density at radius 1 is 0.821 bits per heavy atom. The lowest BCUT2D eigenvalue weighted by molar-refractivity contribution is 0.112. The van der Waals surface area contributed by atoms with Crippen molar-refractivity contribution in [3.05, 3.63) is 89.4 Å². The highest BCUT2D eigenvalue weighted by Crippen LogP contribution is 2.40. The quantitative estimate of drug-likeness (QED) is 0.354. The van der Waals surface area contributed by atoms with E-state index in [0.29, 0.717) is 16.3 Å². The average molecular weight is 389 g/mol. The zero-order valence-corrected chi connectivity index (χ0v) is 15.9. The van der Waals surface area contributed by atoms with E-state index >= 15 is 0 Å². The van der Waals surface area contributed by atoms with Crippen molar-refractivity contribution in [1.82, 2.24) is 0 Å². The third-order valence-electron chi connectivity index (χ3n) is 4.57. The molecule has 0 aliphatic rings. The smallest absolute Gasteiger partial charge is 0.150 e. The van der Waals surface area contributed by atoms with Crippen molar-refractivity contribution >= 4 is 28.7 Å². The number of benzene rings is 4. The molecule has 28 heavy (non-hydrogen) atoms. The van der Waals surface area contributed by atoms with Crippen LogP contribution in [0.5, 0.6) is 17.2 Å². The zero-order chi connectivity index (χ0) is 19.5. The van der Waals surface area contributed by atoms with E-state index < -0.39 is 0 Å². The van der Waals surface area contributed by atoms with Gasteiger partial charge in [-0.15, -0.1) is 0 Å². The Hall–Kier alpha value is -3.30. The largest absolute Gasteiger partial charge is 0.497 e. The van der Waals surface area contributed by atoms with Crippen LogP contribution in [0.1, 0.15) is 10.4 Å². The van der Waals surface area contributed by atoms with E-state index in [-0.39, 0.29) is 0 Å². The maximum absolute atomic E-state index is 10.9. The molecule has 0 radical (unpaired) electrons. The van der Waals surface area contributed by atoms with Crippen LogP contribution in [0.4, 0.5) is 0 Å². The second kappa shape index (κ2) is 7.75. The predicted molar refractivity (Wildman–Crippen MR) is 113 cm³/mol. The van der Waals surface area contributed by atoms with E-state index in [1.807, 2.05) is 54.6 Å². The van der Waals surface area contributed by atoms with Gasteiger partial charge in [-0.05, 0) is 71.6 Å². The maximum atomic E-state index is 10.9. The molecule has 0 N–H and O–H groups in total. The summed E-state index contributed by atoms with van der Waals surface area (Å²) in [7, 11) is 1.65. The average Bonchev–Trinajstić information content (AvgIpc) is 2.75. The normalized spacial score (nSPS) is 10.6. The number of hydrogen-bond donors (Lipinski definition) is 0. The van der Waals surface area contributed by atoms with Gasteiger partial charge in [-0.2, -0.15) is 0 Å². The molecule has 4 aromatic rings. The van der Waals surface area contributed by atoms with Crippen LogP contribution in [-0.2, 0) is 0 Å². The molecular weight excluding hydrogens is 372 g/mol. The van der Waals surface area contributed by atoms with E-state index in [1.165, 1.54) is 0 Å². The molecule has 0 aromatic heterocycles. The van der Waals surface area contributed by atoms with Crippen molar-refractivity contribution in [1.29, 1.82) is 0 Å². The fourth-order valence-electron chi connectivity index (χ4n) is 3.11. The van der Waals surface area contributed by atoms with Gasteiger partial charge in [-0.1, -0.05) is 29.8 Å². The number of ether oxygens (including phenoxy) is 2. The number of aldehydes is 1. The zero-order valence-electron chi connectivity index (χ0n) is 15.2. The summed E-state index contributed by atoms with van der Waals surface area (Å²) < 4.78 is 11.6. The summed E-state index contributed by atoms with van der Waals surface area (Å²) in [5.74, 6) is 2.18. The summed E-state index contributed by atoms with van der Waals surface area (Å²) >= 11 is 6.05. The first-order valence-electron chi connectivity index (χ1n) is 8.78. The van der Waals surface area contributed by atoms with Gasteiger partial charge in [0.15, 0.2) is 0 Å². The Labute approximate surface area is 168 Å². The highest BCUT2D eigenvalue weighted by atomic mass is 35.5. The van der Waals surface area contributed by atoms with Crippen LogP contribution in [-0.4, -0.2) is 13.4 Å². The molecule has 4 aromatic carbocycles. The summed E-state index contributed by atoms with van der Waals surface area (Å²) in [6.07, 6.45) is 0.813. The summed E-state index contributed by atoms with van der Waals surface area (Å²) in [4.78, 5) is 10.9. The lowest BCUT2D eigenvalue weighted by Gasteiger charge is -2.15. The minimum Gasteiger partial charge on any atom is -0.497 e. The Bertz CT molecular complexity index is 1130. The molecular formula is C24H17ClO3. The standard InChI is InChI=1S/C24H17ClO3/c1-27-21-11-13-23-18(14-21)6-12-22(17-4-7-19(25)8-5-17)24(23)28-20-9-2-16(15-26)3-10-20/h2-15H,1H3. The van der Waals surface area contributed by atoms with Crippen LogP contribution in [0.2, 0.25) is 5.02 Å². The highest BCUT2D eigenvalue weighted by molar-refractivity contribution is 6.30. The second-order valence-corrected chi connectivity index (χ2v) is 6.76. The summed E-state index contributed by atoms with van der Waals surface area (Å²) in [6.45, 7) is 0. The number of carbonyl (C=O) groups excluding carboxylic acids is 1. The first-order chi connectivity index (χ1) is 13.7. The third-order valence-corrected chi connectivity index (χ3v) is 4.82. The number of hydrogen-bond acceptors (Lipinski definition) is 3. The topological polar surface area (TPSA) is 35.5 Å². The molecule has 138 valence electrons. The minimum absolute atomic E-state index is 0.605. The van der Waals surface area contributed by atoms with E-state index in [9.17, 15) is 4.79 Å². The third kappa shape index (κ3) is 3.57. The molecule has 0 fully saturated rings. The first kappa shape index (κ1) is 18.1. The lowest BCUT2D eigenvalue weighted by Crippen LogP contribution is -1.92. The van der Waals surface area contributed by atoms with Crippen LogP contribution in [0.15, 0.2) is 78.9 Å². The first-order valence-corrected chi connectivity index (χ1v) is 9.15. The molecule has 0 saturated carbocycles. The number of halogens is 1. The van der Waals surface area contributed by atoms with Crippen molar-refractivity contribution in [3.63, 3.8) is 0 Å². The number of rotatable bonds is 5. The molecule has 0 bridgehead atoms. The molecule has 4 rings (SSSR count). The summed E-state index contributed by atoms with van der Waals surface area (Å²) in [5, 5.41) is 2.66. The number of methoxy groups -OCH3 is 1. The van der Waals surface area contributed by atoms with Gasteiger partial charge in [0.1, 0.15) is 23.5 Å². The van der Waals surface area contributed by atoms with Gasteiger partial charge in [0.25, 0.3) is 0 Å². The van der Waals surface area contributed by atoms with E-state index in [0.717, 1.165) is 39.7 Å². The van der Waals surface area contributed by atoms with Gasteiger partial charge in [-0.25, -0.2) is 0 Å². The maximum Gasteiger partial charge on any atom is 0.150 e. The van der Waals surface area contributed by atoms with Crippen LogP contribution in [0.3, 0.4) is 0 Å². The molecule has 0 heterocycles. The van der Waals surface area contributed by atoms with Crippen LogP contribution >= 0.6 is 11.6 Å². The lowest BCUT2D eigenvalue weighted by atomic mass is 9.99. The molecule has 0 unspecified atom stereocenters. The fourth-order valence-corrected chi connectivity index (χ4v) is 3.23. The van der Waals surface area contributed by atoms with Crippen molar-refractivity contribution in [2.45, 2.75) is 0 Å². The Kier molecular flexibility index (Phi) is 5.00. The van der Waals surface area contributed by atoms with Gasteiger partial charge in [0.2, 0.25) is 0 Å². The second-order valence-electron chi connectivity index (χ2n) is 6.33. The fraction of sp³-hybridized carbons (Fsp3) is 0.0417. The molecule has 0 saturated heterocycles. The van der Waals surface area contributed by atoms with E-state index in [1.54, 1.807) is 31.4 Å². The summed E-state index contributed by atoms with van der Waals surface area (Å²) in [5.41, 5.74) is 2.56. The highest BCUT2D eigenvalue weighted by Gasteiger charge is 2.13. The minimum atomic E-state index is 0.605. The molecule has 0 aliphatic carbocycles. The Morgan fingerprint density at radius 2 is 1.54 bits per heavy atom. The molecule has 4 heteroatoms. The summed E-state index contributed by atoms with van der Waals surface area (Å²) in [6, 6.07) is 24.7. The molecule has 0 amide bonds. The van der Waals surface area contributed by atoms with Crippen molar-refractivity contribution in [3.8, 4) is 28.4 Å². The van der Waals surface area contributed by atoms with Crippen LogP contribution in [0.25, 0.3) is 21.9 Å². The van der Waals surface area contributed by atoms with Crippen LogP contribution < -0.4 is 9.47 Å². The molecule has 0 aliphatic heterocycles. The number of carbonyl (C=O) groups is 1. The van der Waals surface area contributed by atoms with E-state index in [4.69, 9.17) is 21.1 Å². The SMILES string of the molecule is COc1ccc2c(Oc3ccc(C=O)cc3)c(-c3ccc(Cl)cc3)ccc2c1. The van der Waals surface area contributed by atoms with Gasteiger partial charge in [-0.3, -0.25) is 4.79 Å². The van der Waals surface area contributed by atoms with Crippen LogP contribution in [0, 0.1) is 0 Å².